The molecule has 3 aromatic rings. The number of hydrogen-bond acceptors (Lipinski definition) is 6. The van der Waals surface area contributed by atoms with Crippen molar-refractivity contribution in [3.8, 4) is 23.1 Å². The van der Waals surface area contributed by atoms with Gasteiger partial charge in [-0.3, -0.25) is 4.79 Å². The van der Waals surface area contributed by atoms with Gasteiger partial charge in [0.2, 0.25) is 0 Å². The van der Waals surface area contributed by atoms with Gasteiger partial charge in [-0.15, -0.1) is 35.8 Å². The van der Waals surface area contributed by atoms with Gasteiger partial charge in [-0.05, 0) is 74.2 Å². The molecule has 1 amide bonds. The van der Waals surface area contributed by atoms with E-state index >= 15 is 0 Å². The summed E-state index contributed by atoms with van der Waals surface area (Å²) in [5.41, 5.74) is 4.60. The highest BCUT2D eigenvalue weighted by Crippen LogP contribution is 2.30. The molecule has 11 heteroatoms. The molecule has 0 unspecified atom stereocenters. The van der Waals surface area contributed by atoms with E-state index in [-0.39, 0.29) is 30.1 Å². The predicted octanol–water partition coefficient (Wildman–Crippen LogP) is 5.69. The zero-order chi connectivity index (χ0) is 26.7. The summed E-state index contributed by atoms with van der Waals surface area (Å²) in [4.78, 5) is 16.7. The van der Waals surface area contributed by atoms with E-state index in [1.54, 1.807) is 24.1 Å². The van der Waals surface area contributed by atoms with Crippen LogP contribution >= 0.6 is 12.4 Å². The molecular weight excluding hydrogens is 519 g/mol. The van der Waals surface area contributed by atoms with Crippen molar-refractivity contribution in [1.29, 1.82) is 5.26 Å². The first-order chi connectivity index (χ1) is 17.6. The third kappa shape index (κ3) is 6.34. The van der Waals surface area contributed by atoms with E-state index < -0.39 is 6.36 Å². The van der Waals surface area contributed by atoms with Gasteiger partial charge in [-0.25, -0.2) is 0 Å². The molecule has 2 aromatic carbocycles. The SMILES string of the molecule is Cc1c(-c2ccc(C#N)cc2)nnc(N2CCC(N(C)C(=O)c3ccc(OC(F)(F)F)cc3)CC2)c1C.Cl. The normalized spacial score (nSPS) is 13.9. The number of alkyl halides is 3. The van der Waals surface area contributed by atoms with E-state index in [9.17, 15) is 18.0 Å². The lowest BCUT2D eigenvalue weighted by Gasteiger charge is -2.37. The molecule has 0 saturated carbocycles. The molecule has 0 bridgehead atoms. The third-order valence-electron chi connectivity index (χ3n) is 6.75. The molecule has 0 aliphatic carbocycles. The number of rotatable bonds is 5. The van der Waals surface area contributed by atoms with E-state index in [2.05, 4.69) is 25.9 Å². The Kier molecular flexibility index (Phi) is 8.84. The number of amides is 1. The van der Waals surface area contributed by atoms with Gasteiger partial charge in [0, 0.05) is 37.3 Å². The van der Waals surface area contributed by atoms with E-state index in [4.69, 9.17) is 5.26 Å². The van der Waals surface area contributed by atoms with E-state index in [1.807, 2.05) is 26.0 Å². The molecule has 2 heterocycles. The van der Waals surface area contributed by atoms with Crippen molar-refractivity contribution >= 4 is 24.1 Å². The molecule has 1 saturated heterocycles. The minimum atomic E-state index is -4.78. The van der Waals surface area contributed by atoms with Gasteiger partial charge in [0.1, 0.15) is 5.75 Å². The van der Waals surface area contributed by atoms with Gasteiger partial charge in [0.05, 0.1) is 17.3 Å². The Balaban J connectivity index is 0.00000400. The summed E-state index contributed by atoms with van der Waals surface area (Å²) in [6.45, 7) is 5.39. The van der Waals surface area contributed by atoms with Crippen LogP contribution < -0.4 is 9.64 Å². The Morgan fingerprint density at radius 1 is 1.03 bits per heavy atom. The number of halogens is 4. The Morgan fingerprint density at radius 2 is 1.63 bits per heavy atom. The van der Waals surface area contributed by atoms with Gasteiger partial charge in [0.25, 0.3) is 5.91 Å². The second-order valence-corrected chi connectivity index (χ2v) is 9.02. The molecule has 0 atom stereocenters. The Morgan fingerprint density at radius 3 is 2.18 bits per heavy atom. The fourth-order valence-corrected chi connectivity index (χ4v) is 4.50. The van der Waals surface area contributed by atoms with Crippen molar-refractivity contribution in [2.45, 2.75) is 39.1 Å². The van der Waals surface area contributed by atoms with Crippen LogP contribution in [0.15, 0.2) is 48.5 Å². The van der Waals surface area contributed by atoms with E-state index in [0.29, 0.717) is 24.2 Å². The summed E-state index contributed by atoms with van der Waals surface area (Å²) in [6.07, 6.45) is -3.34. The maximum absolute atomic E-state index is 12.9. The van der Waals surface area contributed by atoms with Crippen molar-refractivity contribution in [2.75, 3.05) is 25.0 Å². The van der Waals surface area contributed by atoms with Gasteiger partial charge in [-0.1, -0.05) is 12.1 Å². The first-order valence-corrected chi connectivity index (χ1v) is 11.8. The van der Waals surface area contributed by atoms with Gasteiger partial charge >= 0.3 is 6.36 Å². The standard InChI is InChI=1S/C27H26F3N5O2.ClH/c1-17-18(2)25(33-32-24(17)20-6-4-19(16-31)5-7-20)35-14-12-22(13-15-35)34(3)26(36)21-8-10-23(11-9-21)37-27(28,29)30;/h4-11,22H,12-15H2,1-3H3;1H. The Bertz CT molecular complexity index is 1320. The lowest BCUT2D eigenvalue weighted by atomic mass is 10.00. The predicted molar refractivity (Wildman–Crippen MR) is 139 cm³/mol. The second-order valence-electron chi connectivity index (χ2n) is 9.02. The highest BCUT2D eigenvalue weighted by atomic mass is 35.5. The Labute approximate surface area is 225 Å². The minimum Gasteiger partial charge on any atom is -0.406 e. The summed E-state index contributed by atoms with van der Waals surface area (Å²) >= 11 is 0. The number of piperidine rings is 1. The quantitative estimate of drug-likeness (QED) is 0.409. The molecule has 0 spiro atoms. The average molecular weight is 546 g/mol. The summed E-state index contributed by atoms with van der Waals surface area (Å²) in [6, 6.07) is 14.3. The van der Waals surface area contributed by atoms with Crippen LogP contribution in [0.5, 0.6) is 5.75 Å². The molecule has 0 radical (unpaired) electrons. The number of hydrogen-bond donors (Lipinski definition) is 0. The number of benzene rings is 2. The highest BCUT2D eigenvalue weighted by molar-refractivity contribution is 5.94. The van der Waals surface area contributed by atoms with Crippen LogP contribution in [0, 0.1) is 25.2 Å². The van der Waals surface area contributed by atoms with Crippen LogP contribution in [0.3, 0.4) is 0 Å². The van der Waals surface area contributed by atoms with Gasteiger partial charge in [-0.2, -0.15) is 5.26 Å². The average Bonchev–Trinajstić information content (AvgIpc) is 2.89. The second kappa shape index (κ2) is 11.7. The van der Waals surface area contributed by atoms with Crippen molar-refractivity contribution in [1.82, 2.24) is 15.1 Å². The molecular formula is C27H27ClF3N5O2. The lowest BCUT2D eigenvalue weighted by Crippen LogP contribution is -2.46. The Hall–Kier alpha value is -3.84. The van der Waals surface area contributed by atoms with E-state index in [1.165, 1.54) is 12.1 Å². The molecule has 4 rings (SSSR count). The molecule has 1 aromatic heterocycles. The molecule has 7 nitrogen and oxygen atoms in total. The fraction of sp³-hybridized carbons (Fsp3) is 0.333. The first-order valence-electron chi connectivity index (χ1n) is 11.8. The maximum atomic E-state index is 12.9. The summed E-state index contributed by atoms with van der Waals surface area (Å²) < 4.78 is 41.0. The van der Waals surface area contributed by atoms with Gasteiger partial charge in [0.15, 0.2) is 5.82 Å². The number of nitrogens with zero attached hydrogens (tertiary/aromatic N) is 5. The topological polar surface area (TPSA) is 82.4 Å². The van der Waals surface area contributed by atoms with Crippen LogP contribution in [0.25, 0.3) is 11.3 Å². The van der Waals surface area contributed by atoms with Crippen LogP contribution in [-0.4, -0.2) is 53.5 Å². The van der Waals surface area contributed by atoms with Crippen LogP contribution in [0.2, 0.25) is 0 Å². The lowest BCUT2D eigenvalue weighted by molar-refractivity contribution is -0.274. The largest absolute Gasteiger partial charge is 0.573 e. The van der Waals surface area contributed by atoms with Gasteiger partial charge < -0.3 is 14.5 Å². The van der Waals surface area contributed by atoms with Crippen molar-refractivity contribution in [2.24, 2.45) is 0 Å². The summed E-state index contributed by atoms with van der Waals surface area (Å²) in [7, 11) is 1.71. The number of nitriles is 1. The number of carbonyl (C=O) groups excluding carboxylic acids is 1. The van der Waals surface area contributed by atoms with Crippen molar-refractivity contribution in [3.05, 3.63) is 70.8 Å². The highest BCUT2D eigenvalue weighted by Gasteiger charge is 2.31. The van der Waals surface area contributed by atoms with Crippen LogP contribution in [-0.2, 0) is 0 Å². The molecule has 1 aliphatic heterocycles. The van der Waals surface area contributed by atoms with Crippen molar-refractivity contribution < 1.29 is 22.7 Å². The molecule has 0 N–H and O–H groups in total. The zero-order valence-corrected chi connectivity index (χ0v) is 21.9. The monoisotopic (exact) mass is 545 g/mol. The van der Waals surface area contributed by atoms with E-state index in [0.717, 1.165) is 53.2 Å². The van der Waals surface area contributed by atoms with Crippen LogP contribution in [0.1, 0.15) is 39.9 Å². The zero-order valence-electron chi connectivity index (χ0n) is 21.1. The maximum Gasteiger partial charge on any atom is 0.573 e. The summed E-state index contributed by atoms with van der Waals surface area (Å²) in [5, 5.41) is 18.0. The van der Waals surface area contributed by atoms with Crippen LogP contribution in [0.4, 0.5) is 19.0 Å². The smallest absolute Gasteiger partial charge is 0.406 e. The number of ether oxygens (including phenoxy) is 1. The molecule has 200 valence electrons. The molecule has 38 heavy (non-hydrogen) atoms. The fourth-order valence-electron chi connectivity index (χ4n) is 4.50. The summed E-state index contributed by atoms with van der Waals surface area (Å²) in [5.74, 6) is 0.190. The number of aromatic nitrogens is 2. The molecule has 1 fully saturated rings. The molecule has 1 aliphatic rings. The minimum absolute atomic E-state index is 0. The number of anilines is 1. The third-order valence-corrected chi connectivity index (χ3v) is 6.75. The number of carbonyl (C=O) groups is 1. The van der Waals surface area contributed by atoms with Crippen molar-refractivity contribution in [3.63, 3.8) is 0 Å². The first kappa shape index (κ1) is 28.7.